The minimum atomic E-state index is -0.215. The van der Waals surface area contributed by atoms with Crippen LogP contribution >= 0.6 is 0 Å². The third-order valence-corrected chi connectivity index (χ3v) is 4.54. The Labute approximate surface area is 158 Å². The maximum atomic E-state index is 12.5. The summed E-state index contributed by atoms with van der Waals surface area (Å²) >= 11 is 0. The Balaban J connectivity index is 1.41. The molecule has 0 spiro atoms. The molecule has 0 saturated carbocycles. The number of aromatic nitrogens is 1. The number of rotatable bonds is 5. The van der Waals surface area contributed by atoms with Gasteiger partial charge in [-0.05, 0) is 61.4 Å². The third-order valence-electron chi connectivity index (χ3n) is 4.54. The topological polar surface area (TPSA) is 54.5 Å². The number of hydrogen-bond acceptors (Lipinski definition) is 4. The predicted octanol–water partition coefficient (Wildman–Crippen LogP) is 4.73. The zero-order chi connectivity index (χ0) is 18.5. The fourth-order valence-corrected chi connectivity index (χ4v) is 3.14. The van der Waals surface area contributed by atoms with E-state index in [1.165, 1.54) is 12.8 Å². The van der Waals surface area contributed by atoms with Crippen LogP contribution in [0, 0.1) is 0 Å². The highest BCUT2D eigenvalue weighted by atomic mass is 16.5. The Morgan fingerprint density at radius 3 is 2.37 bits per heavy atom. The number of nitrogens with zero attached hydrogens (tertiary/aromatic N) is 2. The minimum absolute atomic E-state index is 0.215. The fraction of sp³-hybridized carbons (Fsp3) is 0.182. The average Bonchev–Trinajstić information content (AvgIpc) is 3.25. The quantitative estimate of drug-likeness (QED) is 0.716. The van der Waals surface area contributed by atoms with E-state index in [-0.39, 0.29) is 5.91 Å². The lowest BCUT2D eigenvalue weighted by molar-refractivity contribution is 0.102. The van der Waals surface area contributed by atoms with E-state index in [0.29, 0.717) is 17.1 Å². The molecule has 1 saturated heterocycles. The number of amides is 1. The highest BCUT2D eigenvalue weighted by molar-refractivity contribution is 6.03. The minimum Gasteiger partial charge on any atom is -0.457 e. The molecule has 0 unspecified atom stereocenters. The average molecular weight is 359 g/mol. The number of anilines is 2. The van der Waals surface area contributed by atoms with Crippen molar-refractivity contribution < 1.29 is 9.53 Å². The molecular weight excluding hydrogens is 338 g/mol. The number of para-hydroxylation sites is 1. The predicted molar refractivity (Wildman–Crippen MR) is 107 cm³/mol. The summed E-state index contributed by atoms with van der Waals surface area (Å²) in [5.74, 6) is 1.28. The Morgan fingerprint density at radius 1 is 0.926 bits per heavy atom. The van der Waals surface area contributed by atoms with E-state index in [1.54, 1.807) is 6.20 Å². The van der Waals surface area contributed by atoms with Gasteiger partial charge in [0.15, 0.2) is 0 Å². The third kappa shape index (κ3) is 4.26. The highest BCUT2D eigenvalue weighted by Crippen LogP contribution is 2.23. The first-order valence-corrected chi connectivity index (χ1v) is 9.13. The first kappa shape index (κ1) is 17.1. The van der Waals surface area contributed by atoms with Gasteiger partial charge < -0.3 is 15.0 Å². The van der Waals surface area contributed by atoms with Crippen LogP contribution in [0.25, 0.3) is 0 Å². The van der Waals surface area contributed by atoms with Crippen LogP contribution in [0.4, 0.5) is 11.4 Å². The molecule has 0 aliphatic carbocycles. The van der Waals surface area contributed by atoms with Crippen molar-refractivity contribution in [3.8, 4) is 11.5 Å². The normalized spacial score (nSPS) is 13.4. The summed E-state index contributed by atoms with van der Waals surface area (Å²) in [5.41, 5.74) is 2.18. The van der Waals surface area contributed by atoms with Gasteiger partial charge in [0.2, 0.25) is 0 Å². The lowest BCUT2D eigenvalue weighted by Crippen LogP contribution is -2.19. The zero-order valence-corrected chi connectivity index (χ0v) is 15.0. The molecule has 1 aromatic heterocycles. The van der Waals surface area contributed by atoms with Crippen molar-refractivity contribution in [1.82, 2.24) is 4.98 Å². The van der Waals surface area contributed by atoms with Crippen LogP contribution in [-0.2, 0) is 0 Å². The molecule has 27 heavy (non-hydrogen) atoms. The molecule has 4 rings (SSSR count). The second-order valence-electron chi connectivity index (χ2n) is 6.49. The largest absolute Gasteiger partial charge is 0.457 e. The maximum absolute atomic E-state index is 12.5. The molecule has 0 radical (unpaired) electrons. The van der Waals surface area contributed by atoms with E-state index in [4.69, 9.17) is 4.74 Å². The summed E-state index contributed by atoms with van der Waals surface area (Å²) in [6.07, 6.45) is 4.09. The number of pyridine rings is 1. The smallest absolute Gasteiger partial charge is 0.274 e. The van der Waals surface area contributed by atoms with Crippen molar-refractivity contribution in [3.05, 3.63) is 78.6 Å². The maximum Gasteiger partial charge on any atom is 0.274 e. The summed E-state index contributed by atoms with van der Waals surface area (Å²) in [4.78, 5) is 19.0. The number of carbonyl (C=O) groups excluding carboxylic acids is 1. The van der Waals surface area contributed by atoms with Gasteiger partial charge in [-0.1, -0.05) is 18.2 Å². The van der Waals surface area contributed by atoms with Crippen LogP contribution in [0.3, 0.4) is 0 Å². The monoisotopic (exact) mass is 359 g/mol. The van der Waals surface area contributed by atoms with Crippen LogP contribution in [0.5, 0.6) is 11.5 Å². The summed E-state index contributed by atoms with van der Waals surface area (Å²) < 4.78 is 5.77. The molecule has 136 valence electrons. The van der Waals surface area contributed by atoms with Crippen LogP contribution < -0.4 is 15.0 Å². The number of carbonyl (C=O) groups is 1. The van der Waals surface area contributed by atoms with Gasteiger partial charge in [-0.15, -0.1) is 0 Å². The molecule has 5 heteroatoms. The summed E-state index contributed by atoms with van der Waals surface area (Å²) in [5, 5.41) is 2.89. The van der Waals surface area contributed by atoms with E-state index >= 15 is 0 Å². The summed E-state index contributed by atoms with van der Waals surface area (Å²) in [6, 6.07) is 20.7. The molecule has 1 amide bonds. The van der Waals surface area contributed by atoms with Gasteiger partial charge in [0.25, 0.3) is 5.91 Å². The molecule has 1 aliphatic rings. The molecule has 2 heterocycles. The van der Waals surface area contributed by atoms with E-state index in [9.17, 15) is 4.79 Å². The van der Waals surface area contributed by atoms with Gasteiger partial charge in [-0.2, -0.15) is 0 Å². The van der Waals surface area contributed by atoms with Crippen LogP contribution in [0.1, 0.15) is 23.3 Å². The van der Waals surface area contributed by atoms with Crippen molar-refractivity contribution in [2.75, 3.05) is 23.3 Å². The molecule has 2 aromatic carbocycles. The lowest BCUT2D eigenvalue weighted by Gasteiger charge is -2.17. The second-order valence-corrected chi connectivity index (χ2v) is 6.49. The van der Waals surface area contributed by atoms with Crippen molar-refractivity contribution in [1.29, 1.82) is 0 Å². The van der Waals surface area contributed by atoms with Gasteiger partial charge in [-0.3, -0.25) is 9.78 Å². The van der Waals surface area contributed by atoms with Crippen molar-refractivity contribution in [3.63, 3.8) is 0 Å². The number of benzene rings is 2. The van der Waals surface area contributed by atoms with E-state index in [1.807, 2.05) is 66.7 Å². The van der Waals surface area contributed by atoms with Crippen LogP contribution in [0.2, 0.25) is 0 Å². The zero-order valence-electron chi connectivity index (χ0n) is 15.0. The number of hydrogen-bond donors (Lipinski definition) is 1. The van der Waals surface area contributed by atoms with Gasteiger partial charge in [0.05, 0.1) is 0 Å². The number of ether oxygens (including phenoxy) is 1. The SMILES string of the molecule is O=C(Nc1ccc(Oc2ccccc2)cc1)c1cc(N2CCCC2)ccn1. The van der Waals surface area contributed by atoms with Crippen molar-refractivity contribution in [2.24, 2.45) is 0 Å². The van der Waals surface area contributed by atoms with Crippen LogP contribution in [-0.4, -0.2) is 24.0 Å². The molecule has 1 fully saturated rings. The first-order valence-electron chi connectivity index (χ1n) is 9.13. The van der Waals surface area contributed by atoms with Crippen molar-refractivity contribution >= 4 is 17.3 Å². The second kappa shape index (κ2) is 7.91. The first-order chi connectivity index (χ1) is 13.3. The Kier molecular flexibility index (Phi) is 5.01. The number of nitrogens with one attached hydrogen (secondary N) is 1. The van der Waals surface area contributed by atoms with Crippen LogP contribution in [0.15, 0.2) is 72.9 Å². The molecule has 3 aromatic rings. The molecule has 1 N–H and O–H groups in total. The molecule has 1 aliphatic heterocycles. The van der Waals surface area contributed by atoms with E-state index in [2.05, 4.69) is 15.2 Å². The lowest BCUT2D eigenvalue weighted by atomic mass is 10.2. The standard InChI is InChI=1S/C22H21N3O2/c26-22(21-16-18(12-13-23-21)25-14-4-5-15-25)24-17-8-10-20(11-9-17)27-19-6-2-1-3-7-19/h1-3,6-13,16H,4-5,14-15H2,(H,24,26). The molecule has 0 atom stereocenters. The van der Waals surface area contributed by atoms with Gasteiger partial charge in [0.1, 0.15) is 17.2 Å². The Morgan fingerprint density at radius 2 is 1.63 bits per heavy atom. The molecular formula is C22H21N3O2. The Hall–Kier alpha value is -3.34. The van der Waals surface area contributed by atoms with Gasteiger partial charge in [0, 0.05) is 30.7 Å². The summed E-state index contributed by atoms with van der Waals surface area (Å²) in [7, 11) is 0. The van der Waals surface area contributed by atoms with Gasteiger partial charge in [-0.25, -0.2) is 0 Å². The fourth-order valence-electron chi connectivity index (χ4n) is 3.14. The van der Waals surface area contributed by atoms with E-state index in [0.717, 1.165) is 24.5 Å². The van der Waals surface area contributed by atoms with E-state index < -0.39 is 0 Å². The molecule has 5 nitrogen and oxygen atoms in total. The summed E-state index contributed by atoms with van der Waals surface area (Å²) in [6.45, 7) is 2.07. The molecule has 0 bridgehead atoms. The van der Waals surface area contributed by atoms with Gasteiger partial charge >= 0.3 is 0 Å². The van der Waals surface area contributed by atoms with Crippen molar-refractivity contribution in [2.45, 2.75) is 12.8 Å². The highest BCUT2D eigenvalue weighted by Gasteiger charge is 2.15. The Bertz CT molecular complexity index is 904.